The number of benzene rings is 1. The zero-order valence-corrected chi connectivity index (χ0v) is 10.4. The molecule has 6 heteroatoms. The number of carbonyl (C=O) groups excluding carboxylic acids is 1. The number of hydrogen-bond acceptors (Lipinski definition) is 5. The maximum Gasteiger partial charge on any atom is 0.337 e. The first kappa shape index (κ1) is 13.7. The second kappa shape index (κ2) is 5.29. The van der Waals surface area contributed by atoms with Gasteiger partial charge in [-0.15, -0.1) is 0 Å². The van der Waals surface area contributed by atoms with E-state index in [9.17, 15) is 13.2 Å². The molecular weight excluding hydrogens is 244 g/mol. The summed E-state index contributed by atoms with van der Waals surface area (Å²) in [6.07, 6.45) is -0.930. The number of sulfone groups is 1. The van der Waals surface area contributed by atoms with E-state index in [4.69, 9.17) is 5.11 Å². The third kappa shape index (κ3) is 3.54. The van der Waals surface area contributed by atoms with E-state index in [1.165, 1.54) is 38.3 Å². The largest absolute Gasteiger partial charge is 0.465 e. The van der Waals surface area contributed by atoms with E-state index in [1.54, 1.807) is 0 Å². The van der Waals surface area contributed by atoms with Crippen LogP contribution in [0.25, 0.3) is 0 Å². The van der Waals surface area contributed by atoms with Gasteiger partial charge in [-0.05, 0) is 31.2 Å². The Kier molecular flexibility index (Phi) is 4.25. The number of rotatable bonds is 4. The van der Waals surface area contributed by atoms with Gasteiger partial charge in [-0.2, -0.15) is 0 Å². The standard InChI is InChI=1S/C11H14O5S/c1-8(12)7-17(14,15)10-5-3-9(4-6-10)11(13)16-2/h3-6,8,12H,7H2,1-2H3. The summed E-state index contributed by atoms with van der Waals surface area (Å²) in [4.78, 5) is 11.2. The van der Waals surface area contributed by atoms with Crippen molar-refractivity contribution in [2.24, 2.45) is 0 Å². The first-order chi connectivity index (χ1) is 7.86. The molecule has 1 unspecified atom stereocenters. The maximum atomic E-state index is 11.7. The molecule has 0 fully saturated rings. The molecule has 1 aromatic carbocycles. The van der Waals surface area contributed by atoms with Gasteiger partial charge in [0.15, 0.2) is 9.84 Å². The summed E-state index contributed by atoms with van der Waals surface area (Å²) < 4.78 is 27.9. The van der Waals surface area contributed by atoms with Gasteiger partial charge >= 0.3 is 5.97 Å². The Balaban J connectivity index is 2.99. The third-order valence-corrected chi connectivity index (χ3v) is 4.01. The number of aliphatic hydroxyl groups excluding tert-OH is 1. The molecule has 0 aromatic heterocycles. The number of hydrogen-bond donors (Lipinski definition) is 1. The van der Waals surface area contributed by atoms with E-state index < -0.39 is 21.9 Å². The van der Waals surface area contributed by atoms with Gasteiger partial charge < -0.3 is 9.84 Å². The van der Waals surface area contributed by atoms with Crippen LogP contribution in [0.3, 0.4) is 0 Å². The van der Waals surface area contributed by atoms with Crippen molar-refractivity contribution < 1.29 is 23.1 Å². The zero-order chi connectivity index (χ0) is 13.1. The van der Waals surface area contributed by atoms with Crippen molar-refractivity contribution in [3.63, 3.8) is 0 Å². The number of esters is 1. The van der Waals surface area contributed by atoms with Crippen LogP contribution in [0.15, 0.2) is 29.2 Å². The van der Waals surface area contributed by atoms with Crippen LogP contribution in [0.4, 0.5) is 0 Å². The highest BCUT2D eigenvalue weighted by Crippen LogP contribution is 2.14. The van der Waals surface area contributed by atoms with Crippen LogP contribution in [0.1, 0.15) is 17.3 Å². The molecule has 0 heterocycles. The lowest BCUT2D eigenvalue weighted by atomic mass is 10.2. The van der Waals surface area contributed by atoms with Crippen molar-refractivity contribution in [3.05, 3.63) is 29.8 Å². The predicted octanol–water partition coefficient (Wildman–Crippen LogP) is 0.628. The van der Waals surface area contributed by atoms with E-state index in [2.05, 4.69) is 4.74 Å². The van der Waals surface area contributed by atoms with Crippen LogP contribution in [0, 0.1) is 0 Å². The fraction of sp³-hybridized carbons (Fsp3) is 0.364. The van der Waals surface area contributed by atoms with Gasteiger partial charge in [-0.3, -0.25) is 0 Å². The van der Waals surface area contributed by atoms with Gasteiger partial charge in [-0.25, -0.2) is 13.2 Å². The van der Waals surface area contributed by atoms with Gasteiger partial charge in [0.25, 0.3) is 0 Å². The lowest BCUT2D eigenvalue weighted by Gasteiger charge is -2.07. The molecule has 0 saturated carbocycles. The van der Waals surface area contributed by atoms with Gasteiger partial charge in [0, 0.05) is 0 Å². The van der Waals surface area contributed by atoms with Crippen LogP contribution < -0.4 is 0 Å². The smallest absolute Gasteiger partial charge is 0.337 e. The number of carbonyl (C=O) groups is 1. The Bertz CT molecular complexity index is 487. The molecule has 0 bridgehead atoms. The molecule has 1 N–H and O–H groups in total. The van der Waals surface area contributed by atoms with Crippen molar-refractivity contribution in [1.29, 1.82) is 0 Å². The molecule has 0 aliphatic rings. The number of aliphatic hydroxyl groups is 1. The molecule has 0 radical (unpaired) electrons. The SMILES string of the molecule is COC(=O)c1ccc(S(=O)(=O)CC(C)O)cc1. The van der Waals surface area contributed by atoms with Crippen LogP contribution in [-0.2, 0) is 14.6 Å². The first-order valence-electron chi connectivity index (χ1n) is 4.96. The molecule has 0 aliphatic carbocycles. The quantitative estimate of drug-likeness (QED) is 0.801. The van der Waals surface area contributed by atoms with Crippen LogP contribution in [0.2, 0.25) is 0 Å². The average Bonchev–Trinajstić information content (AvgIpc) is 2.26. The molecular formula is C11H14O5S. The third-order valence-electron chi connectivity index (χ3n) is 2.10. The second-order valence-electron chi connectivity index (χ2n) is 3.65. The highest BCUT2D eigenvalue weighted by molar-refractivity contribution is 7.91. The first-order valence-corrected chi connectivity index (χ1v) is 6.61. The van der Waals surface area contributed by atoms with E-state index in [1.807, 2.05) is 0 Å². The fourth-order valence-corrected chi connectivity index (χ4v) is 2.71. The normalized spacial score (nSPS) is 13.1. The Hall–Kier alpha value is -1.40. The highest BCUT2D eigenvalue weighted by Gasteiger charge is 2.17. The van der Waals surface area contributed by atoms with E-state index in [0.717, 1.165) is 0 Å². The monoisotopic (exact) mass is 258 g/mol. The summed E-state index contributed by atoms with van der Waals surface area (Å²) in [5.74, 6) is -0.866. The molecule has 1 atom stereocenters. The number of methoxy groups -OCH3 is 1. The summed E-state index contributed by atoms with van der Waals surface area (Å²) in [5.41, 5.74) is 0.281. The van der Waals surface area contributed by atoms with E-state index in [-0.39, 0.29) is 16.2 Å². The van der Waals surface area contributed by atoms with Crippen LogP contribution in [-0.4, -0.2) is 38.5 Å². The van der Waals surface area contributed by atoms with Crippen molar-refractivity contribution in [1.82, 2.24) is 0 Å². The molecule has 0 spiro atoms. The lowest BCUT2D eigenvalue weighted by Crippen LogP contribution is -2.17. The summed E-state index contributed by atoms with van der Waals surface area (Å²) in [7, 11) is -2.26. The summed E-state index contributed by atoms with van der Waals surface area (Å²) in [5, 5.41) is 9.08. The maximum absolute atomic E-state index is 11.7. The molecule has 1 aromatic rings. The minimum Gasteiger partial charge on any atom is -0.465 e. The second-order valence-corrected chi connectivity index (χ2v) is 5.68. The molecule has 94 valence electrons. The van der Waals surface area contributed by atoms with Crippen LogP contribution in [0.5, 0.6) is 0 Å². The fourth-order valence-electron chi connectivity index (χ4n) is 1.33. The van der Waals surface area contributed by atoms with Gasteiger partial charge in [0.1, 0.15) is 0 Å². The van der Waals surface area contributed by atoms with E-state index >= 15 is 0 Å². The van der Waals surface area contributed by atoms with E-state index in [0.29, 0.717) is 0 Å². The van der Waals surface area contributed by atoms with Crippen molar-refractivity contribution in [3.8, 4) is 0 Å². The predicted molar refractivity (Wildman–Crippen MR) is 61.5 cm³/mol. The molecule has 0 saturated heterocycles. The Morgan fingerprint density at radius 3 is 2.29 bits per heavy atom. The Morgan fingerprint density at radius 2 is 1.88 bits per heavy atom. The minimum absolute atomic E-state index is 0.0750. The van der Waals surface area contributed by atoms with Crippen molar-refractivity contribution >= 4 is 15.8 Å². The molecule has 5 nitrogen and oxygen atoms in total. The Labute approximate surface area is 100.0 Å². The zero-order valence-electron chi connectivity index (χ0n) is 9.58. The van der Waals surface area contributed by atoms with Gasteiger partial charge in [0.2, 0.25) is 0 Å². The minimum atomic E-state index is -3.51. The molecule has 1 rings (SSSR count). The highest BCUT2D eigenvalue weighted by atomic mass is 32.2. The van der Waals surface area contributed by atoms with Gasteiger partial charge in [0.05, 0.1) is 29.4 Å². The summed E-state index contributed by atoms with van der Waals surface area (Å²) in [6.45, 7) is 1.40. The van der Waals surface area contributed by atoms with Crippen LogP contribution >= 0.6 is 0 Å². The molecule has 0 aliphatic heterocycles. The topological polar surface area (TPSA) is 80.7 Å². The van der Waals surface area contributed by atoms with Crippen molar-refractivity contribution in [2.45, 2.75) is 17.9 Å². The Morgan fingerprint density at radius 1 is 1.35 bits per heavy atom. The average molecular weight is 258 g/mol. The summed E-state index contributed by atoms with van der Waals surface area (Å²) >= 11 is 0. The van der Waals surface area contributed by atoms with Gasteiger partial charge in [-0.1, -0.05) is 0 Å². The summed E-state index contributed by atoms with van der Waals surface area (Å²) in [6, 6.07) is 5.40. The lowest BCUT2D eigenvalue weighted by molar-refractivity contribution is 0.0600. The van der Waals surface area contributed by atoms with Crippen molar-refractivity contribution in [2.75, 3.05) is 12.9 Å². The number of ether oxygens (including phenoxy) is 1. The molecule has 0 amide bonds. The molecule has 17 heavy (non-hydrogen) atoms.